The van der Waals surface area contributed by atoms with Gasteiger partial charge in [-0.15, -0.1) is 17.9 Å². The lowest BCUT2D eigenvalue weighted by atomic mass is 10.1. The molecule has 0 aromatic rings. The molecule has 3 nitrogen and oxygen atoms in total. The average molecular weight is 176 g/mol. The van der Waals surface area contributed by atoms with Crippen molar-refractivity contribution in [2.45, 2.75) is 12.5 Å². The zero-order chi connectivity index (χ0) is 9.07. The smallest absolute Gasteiger partial charge is 0.122 e. The van der Waals surface area contributed by atoms with Crippen LogP contribution in [0, 0.1) is 0 Å². The summed E-state index contributed by atoms with van der Waals surface area (Å²) in [5.74, 6) is 0. The molecule has 0 radical (unpaired) electrons. The van der Waals surface area contributed by atoms with Crippen molar-refractivity contribution in [3.8, 4) is 0 Å². The number of halogens is 4. The number of aliphatic hydroxyl groups is 1. The zero-order valence-corrected chi connectivity index (χ0v) is 5.77. The highest BCUT2D eigenvalue weighted by Crippen LogP contribution is 2.17. The number of hydrogen-bond donors (Lipinski definition) is 1. The molecule has 7 heteroatoms. The Morgan fingerprint density at radius 3 is 1.82 bits per heavy atom. The van der Waals surface area contributed by atoms with Crippen LogP contribution in [0.15, 0.2) is 0 Å². The number of nitrogens with zero attached hydrogens (tertiary/aromatic N) is 2. The van der Waals surface area contributed by atoms with Crippen LogP contribution in [0.25, 0.3) is 0 Å². The van der Waals surface area contributed by atoms with Gasteiger partial charge >= 0.3 is 0 Å². The van der Waals surface area contributed by atoms with E-state index in [1.807, 2.05) is 0 Å². The fourth-order valence-corrected chi connectivity index (χ4v) is 0.414. The Balaban J connectivity index is 4.10. The molecule has 0 rings (SSSR count). The highest BCUT2D eigenvalue weighted by Gasteiger charge is 2.36. The van der Waals surface area contributed by atoms with Gasteiger partial charge in [0.1, 0.15) is 5.54 Å². The third-order valence-corrected chi connectivity index (χ3v) is 1.21. The summed E-state index contributed by atoms with van der Waals surface area (Å²) < 4.78 is 46.4. The van der Waals surface area contributed by atoms with E-state index in [4.69, 9.17) is 5.11 Å². The maximum Gasteiger partial charge on any atom is 0.122 e. The minimum absolute atomic E-state index is 0.819. The first kappa shape index (κ1) is 10.6. The summed E-state index contributed by atoms with van der Waals surface area (Å²) in [4.78, 5) is 0. The lowest BCUT2D eigenvalue weighted by molar-refractivity contribution is -0.271. The van der Waals surface area contributed by atoms with Gasteiger partial charge in [-0.05, 0) is 6.92 Å². The Kier molecular flexibility index (Phi) is 3.70. The van der Waals surface area contributed by atoms with Crippen molar-refractivity contribution < 1.29 is 23.0 Å². The van der Waals surface area contributed by atoms with Gasteiger partial charge in [-0.1, -0.05) is 0 Å². The van der Waals surface area contributed by atoms with Crippen LogP contribution in [-0.2, 0) is 0 Å². The summed E-state index contributed by atoms with van der Waals surface area (Å²) in [7, 11) is 0. The molecule has 0 saturated heterocycles. The van der Waals surface area contributed by atoms with Crippen molar-refractivity contribution in [2.24, 2.45) is 0 Å². The van der Waals surface area contributed by atoms with Gasteiger partial charge in [0, 0.05) is 10.7 Å². The lowest BCUT2D eigenvalue weighted by Crippen LogP contribution is -2.46. The summed E-state index contributed by atoms with van der Waals surface area (Å²) in [6.07, 6.45) is 0. The number of aliphatic hydroxyl groups excluding tert-OH is 1. The largest absolute Gasteiger partial charge is 0.394 e. The third kappa shape index (κ3) is 3.00. The average Bonchev–Trinajstić information content (AvgIpc) is 1.86. The molecule has 0 aromatic heterocycles. The van der Waals surface area contributed by atoms with E-state index in [1.165, 1.54) is 0 Å². The van der Waals surface area contributed by atoms with Crippen molar-refractivity contribution in [3.05, 3.63) is 0 Å². The molecule has 0 bridgehead atoms. The van der Waals surface area contributed by atoms with E-state index in [0.29, 0.717) is 0 Å². The van der Waals surface area contributed by atoms with Gasteiger partial charge < -0.3 is 5.11 Å². The van der Waals surface area contributed by atoms with Crippen molar-refractivity contribution in [2.75, 3.05) is 13.2 Å². The zero-order valence-electron chi connectivity index (χ0n) is 5.77. The molecule has 0 heterocycles. The van der Waals surface area contributed by atoms with Crippen LogP contribution in [0.2, 0.25) is 0 Å². The van der Waals surface area contributed by atoms with E-state index in [2.05, 4.69) is 0 Å². The molecule has 0 amide bonds. The van der Waals surface area contributed by atoms with Crippen molar-refractivity contribution >= 4 is 0 Å². The molecule has 1 unspecified atom stereocenters. The van der Waals surface area contributed by atoms with E-state index in [9.17, 15) is 17.9 Å². The van der Waals surface area contributed by atoms with Crippen molar-refractivity contribution in [1.82, 2.24) is 10.7 Å². The van der Waals surface area contributed by atoms with Crippen LogP contribution >= 0.6 is 0 Å². The third-order valence-electron chi connectivity index (χ3n) is 1.21. The van der Waals surface area contributed by atoms with E-state index in [0.717, 1.165) is 6.92 Å². The molecule has 11 heavy (non-hydrogen) atoms. The molecule has 0 aliphatic heterocycles. The van der Waals surface area contributed by atoms with Gasteiger partial charge in [-0.25, -0.2) is 0 Å². The Hall–Kier alpha value is -0.400. The summed E-state index contributed by atoms with van der Waals surface area (Å²) in [5.41, 5.74) is -2.20. The van der Waals surface area contributed by atoms with Crippen molar-refractivity contribution in [1.29, 1.82) is 0 Å². The van der Waals surface area contributed by atoms with Gasteiger partial charge in [0.25, 0.3) is 0 Å². The summed E-state index contributed by atoms with van der Waals surface area (Å²) in [5, 5.41) is 5.49. The van der Waals surface area contributed by atoms with E-state index in [1.54, 1.807) is 0 Å². The van der Waals surface area contributed by atoms with Gasteiger partial charge in [-0.2, -0.15) is 0 Å². The lowest BCUT2D eigenvalue weighted by Gasteiger charge is -2.25. The number of hydrogen-bond acceptors (Lipinski definition) is 3. The predicted octanol–water partition coefficient (Wildman–Crippen LogP) is 0.879. The Bertz CT molecular complexity index is 123. The SMILES string of the molecule is CC(CO)(CN(F)F)N(F)F. The Labute approximate surface area is 60.6 Å². The predicted molar refractivity (Wildman–Crippen MR) is 28.5 cm³/mol. The quantitative estimate of drug-likeness (QED) is 0.508. The Morgan fingerprint density at radius 2 is 1.73 bits per heavy atom. The maximum absolute atomic E-state index is 11.8. The van der Waals surface area contributed by atoms with Crippen LogP contribution in [-0.4, -0.2) is 34.5 Å². The minimum Gasteiger partial charge on any atom is -0.394 e. The highest BCUT2D eigenvalue weighted by atomic mass is 19.4. The fourth-order valence-electron chi connectivity index (χ4n) is 0.414. The first-order chi connectivity index (χ1) is 4.92. The first-order valence-electron chi connectivity index (χ1n) is 2.74. The maximum atomic E-state index is 11.8. The fraction of sp³-hybridized carbons (Fsp3) is 1.00. The van der Waals surface area contributed by atoms with Gasteiger partial charge in [0.05, 0.1) is 13.2 Å². The Morgan fingerprint density at radius 1 is 1.27 bits per heavy atom. The van der Waals surface area contributed by atoms with Crippen LogP contribution in [0.4, 0.5) is 17.9 Å². The molecule has 0 aliphatic rings. The highest BCUT2D eigenvalue weighted by molar-refractivity contribution is 4.78. The van der Waals surface area contributed by atoms with Gasteiger partial charge in [0.2, 0.25) is 0 Å². The molecular formula is C4H8F4N2O. The molecule has 0 aromatic carbocycles. The molecule has 0 saturated carbocycles. The van der Waals surface area contributed by atoms with Crippen molar-refractivity contribution in [3.63, 3.8) is 0 Å². The number of rotatable bonds is 4. The molecule has 1 atom stereocenters. The normalized spacial score (nSPS) is 17.5. The molecule has 0 spiro atoms. The van der Waals surface area contributed by atoms with Crippen LogP contribution in [0.5, 0.6) is 0 Å². The van der Waals surface area contributed by atoms with Crippen LogP contribution < -0.4 is 0 Å². The molecule has 68 valence electrons. The van der Waals surface area contributed by atoms with E-state index < -0.39 is 29.4 Å². The summed E-state index contributed by atoms with van der Waals surface area (Å²) in [6, 6.07) is 0. The molecule has 0 fully saturated rings. The second-order valence-electron chi connectivity index (χ2n) is 2.35. The monoisotopic (exact) mass is 176 g/mol. The van der Waals surface area contributed by atoms with E-state index in [-0.39, 0.29) is 0 Å². The topological polar surface area (TPSA) is 26.7 Å². The molecular weight excluding hydrogens is 168 g/mol. The summed E-state index contributed by atoms with van der Waals surface area (Å²) >= 11 is 0. The summed E-state index contributed by atoms with van der Waals surface area (Å²) in [6.45, 7) is -1.43. The van der Waals surface area contributed by atoms with Gasteiger partial charge in [-0.3, -0.25) is 0 Å². The van der Waals surface area contributed by atoms with E-state index >= 15 is 0 Å². The molecule has 1 N–H and O–H groups in total. The second kappa shape index (κ2) is 3.84. The van der Waals surface area contributed by atoms with Gasteiger partial charge in [0.15, 0.2) is 0 Å². The minimum atomic E-state index is -2.20. The standard InChI is InChI=1S/C4H8F4N2O/c1-4(3-11,10(7)8)2-9(5)6/h11H,2-3H2,1H3. The van der Waals surface area contributed by atoms with Crippen LogP contribution in [0.1, 0.15) is 6.92 Å². The molecule has 0 aliphatic carbocycles. The first-order valence-corrected chi connectivity index (χ1v) is 2.74. The second-order valence-corrected chi connectivity index (χ2v) is 2.35. The van der Waals surface area contributed by atoms with Crippen LogP contribution in [0.3, 0.4) is 0 Å².